The van der Waals surface area contributed by atoms with Gasteiger partial charge in [-0.05, 0) is 19.3 Å². The Morgan fingerprint density at radius 3 is 2.45 bits per heavy atom. The van der Waals surface area contributed by atoms with Crippen LogP contribution < -0.4 is 5.73 Å². The molecule has 0 aromatic heterocycles. The van der Waals surface area contributed by atoms with Crippen molar-refractivity contribution in [1.29, 1.82) is 0 Å². The fourth-order valence-electron chi connectivity index (χ4n) is 3.52. The number of primary amides is 1. The van der Waals surface area contributed by atoms with Crippen molar-refractivity contribution in [2.24, 2.45) is 17.6 Å². The number of rotatable bonds is 4. The number of hydrogen-bond acceptors (Lipinski definition) is 3. The molecule has 0 aromatic rings. The molecule has 1 saturated heterocycles. The van der Waals surface area contributed by atoms with Crippen molar-refractivity contribution in [3.8, 4) is 0 Å². The minimum absolute atomic E-state index is 0.0699. The first-order chi connectivity index (χ1) is 10.3. The topological polar surface area (TPSA) is 72.6 Å². The summed E-state index contributed by atoms with van der Waals surface area (Å²) < 4.78 is 31.7. The molecule has 5 nitrogen and oxygen atoms in total. The normalized spacial score (nSPS) is 29.3. The summed E-state index contributed by atoms with van der Waals surface area (Å²) in [6.45, 7) is 0.951. The molecule has 0 radical (unpaired) electrons. The van der Waals surface area contributed by atoms with Crippen molar-refractivity contribution in [3.05, 3.63) is 0 Å². The highest BCUT2D eigenvalue weighted by atomic mass is 19.3. The predicted molar refractivity (Wildman–Crippen MR) is 76.2 cm³/mol. The monoisotopic (exact) mass is 318 g/mol. The summed E-state index contributed by atoms with van der Waals surface area (Å²) in [5.41, 5.74) is 5.25. The van der Waals surface area contributed by atoms with Crippen molar-refractivity contribution >= 4 is 11.8 Å². The first-order valence-corrected chi connectivity index (χ1v) is 7.80. The summed E-state index contributed by atoms with van der Waals surface area (Å²) in [6, 6.07) is 0. The third-order valence-corrected chi connectivity index (χ3v) is 4.81. The van der Waals surface area contributed by atoms with Crippen molar-refractivity contribution in [2.45, 2.75) is 50.6 Å². The molecular weight excluding hydrogens is 294 g/mol. The maximum absolute atomic E-state index is 13.2. The second-order valence-corrected chi connectivity index (χ2v) is 6.41. The van der Waals surface area contributed by atoms with Crippen LogP contribution in [-0.4, -0.2) is 48.9 Å². The SMILES string of the molecule is CO[C@@H]1CCN(C(=O)C2CCC(F)(F)CC2)C[C@H]1CC(N)=O. The molecule has 126 valence electrons. The second-order valence-electron chi connectivity index (χ2n) is 6.41. The van der Waals surface area contributed by atoms with Crippen LogP contribution in [0, 0.1) is 11.8 Å². The van der Waals surface area contributed by atoms with E-state index in [0.29, 0.717) is 19.5 Å². The Kier molecular flexibility index (Phi) is 5.36. The average Bonchev–Trinajstić information content (AvgIpc) is 2.46. The summed E-state index contributed by atoms with van der Waals surface area (Å²) in [5, 5.41) is 0. The first kappa shape index (κ1) is 17.1. The van der Waals surface area contributed by atoms with E-state index in [4.69, 9.17) is 10.5 Å². The Bertz CT molecular complexity index is 421. The number of methoxy groups -OCH3 is 1. The van der Waals surface area contributed by atoms with Gasteiger partial charge in [0.25, 0.3) is 0 Å². The van der Waals surface area contributed by atoms with Crippen molar-refractivity contribution in [3.63, 3.8) is 0 Å². The third-order valence-electron chi connectivity index (χ3n) is 4.81. The fourth-order valence-corrected chi connectivity index (χ4v) is 3.52. The number of carbonyl (C=O) groups excluding carboxylic acids is 2. The Balaban J connectivity index is 1.94. The predicted octanol–water partition coefficient (Wildman–Crippen LogP) is 1.55. The summed E-state index contributed by atoms with van der Waals surface area (Å²) in [4.78, 5) is 25.4. The van der Waals surface area contributed by atoms with Gasteiger partial charge in [0.2, 0.25) is 17.7 Å². The van der Waals surface area contributed by atoms with Gasteiger partial charge in [-0.2, -0.15) is 0 Å². The lowest BCUT2D eigenvalue weighted by Gasteiger charge is -2.40. The Morgan fingerprint density at radius 2 is 1.91 bits per heavy atom. The summed E-state index contributed by atoms with van der Waals surface area (Å²) in [6.07, 6.45) is 0.749. The van der Waals surface area contributed by atoms with E-state index in [9.17, 15) is 18.4 Å². The molecule has 0 spiro atoms. The lowest BCUT2D eigenvalue weighted by Crippen LogP contribution is -2.50. The van der Waals surface area contributed by atoms with Crippen LogP contribution in [0.3, 0.4) is 0 Å². The summed E-state index contributed by atoms with van der Waals surface area (Å²) in [7, 11) is 1.58. The Morgan fingerprint density at radius 1 is 1.27 bits per heavy atom. The maximum atomic E-state index is 13.2. The lowest BCUT2D eigenvalue weighted by molar-refractivity contribution is -0.145. The molecule has 2 aliphatic rings. The molecule has 2 atom stereocenters. The minimum atomic E-state index is -2.63. The fraction of sp³-hybridized carbons (Fsp3) is 0.867. The van der Waals surface area contributed by atoms with Crippen LogP contribution in [0.25, 0.3) is 0 Å². The molecule has 1 aliphatic heterocycles. The van der Waals surface area contributed by atoms with E-state index >= 15 is 0 Å². The molecule has 1 heterocycles. The minimum Gasteiger partial charge on any atom is -0.381 e. The van der Waals surface area contributed by atoms with Gasteiger partial charge in [-0.25, -0.2) is 8.78 Å². The van der Waals surface area contributed by atoms with E-state index in [1.165, 1.54) is 0 Å². The number of nitrogens with zero attached hydrogens (tertiary/aromatic N) is 1. The number of amides is 2. The van der Waals surface area contributed by atoms with E-state index in [1.807, 2.05) is 0 Å². The molecule has 0 bridgehead atoms. The Hall–Kier alpha value is -1.24. The largest absolute Gasteiger partial charge is 0.381 e. The van der Waals surface area contributed by atoms with Gasteiger partial charge < -0.3 is 15.4 Å². The highest BCUT2D eigenvalue weighted by molar-refractivity contribution is 5.79. The molecule has 0 aromatic carbocycles. The zero-order valence-corrected chi connectivity index (χ0v) is 12.9. The average molecular weight is 318 g/mol. The molecule has 2 N–H and O–H groups in total. The van der Waals surface area contributed by atoms with E-state index in [-0.39, 0.29) is 56.0 Å². The van der Waals surface area contributed by atoms with Gasteiger partial charge in [-0.1, -0.05) is 0 Å². The highest BCUT2D eigenvalue weighted by Crippen LogP contribution is 2.37. The van der Waals surface area contributed by atoms with Crippen LogP contribution in [0.5, 0.6) is 0 Å². The molecule has 0 unspecified atom stereocenters. The zero-order chi connectivity index (χ0) is 16.3. The molecule has 7 heteroatoms. The molecule has 1 saturated carbocycles. The quantitative estimate of drug-likeness (QED) is 0.855. The Labute approximate surface area is 129 Å². The van der Waals surface area contributed by atoms with Crippen molar-refractivity contribution in [2.75, 3.05) is 20.2 Å². The second kappa shape index (κ2) is 6.89. The van der Waals surface area contributed by atoms with E-state index < -0.39 is 11.8 Å². The molecule has 2 rings (SSSR count). The number of halogens is 2. The number of hydrogen-bond donors (Lipinski definition) is 1. The summed E-state index contributed by atoms with van der Waals surface area (Å²) >= 11 is 0. The standard InChI is InChI=1S/C15H24F2N2O3/c1-22-12-4-7-19(9-11(12)8-13(18)20)14(21)10-2-5-15(16,17)6-3-10/h10-12H,2-9H2,1H3,(H2,18,20)/t11-,12-/m1/s1. The summed E-state index contributed by atoms with van der Waals surface area (Å²) in [5.74, 6) is -3.56. The maximum Gasteiger partial charge on any atom is 0.248 e. The lowest BCUT2D eigenvalue weighted by atomic mass is 9.84. The van der Waals surface area contributed by atoms with Gasteiger partial charge in [0, 0.05) is 51.3 Å². The molecule has 2 amide bonds. The van der Waals surface area contributed by atoms with E-state index in [0.717, 1.165) is 0 Å². The number of piperidine rings is 1. The molecule has 2 fully saturated rings. The van der Waals surface area contributed by atoms with Crippen LogP contribution >= 0.6 is 0 Å². The zero-order valence-electron chi connectivity index (χ0n) is 12.9. The van der Waals surface area contributed by atoms with Crippen molar-refractivity contribution in [1.82, 2.24) is 4.90 Å². The van der Waals surface area contributed by atoms with Gasteiger partial charge in [-0.3, -0.25) is 9.59 Å². The molecular formula is C15H24F2N2O3. The third kappa shape index (κ3) is 4.15. The highest BCUT2D eigenvalue weighted by Gasteiger charge is 2.40. The van der Waals surface area contributed by atoms with Gasteiger partial charge in [-0.15, -0.1) is 0 Å². The van der Waals surface area contributed by atoms with E-state index in [1.54, 1.807) is 12.0 Å². The van der Waals surface area contributed by atoms with Gasteiger partial charge >= 0.3 is 0 Å². The van der Waals surface area contributed by atoms with Crippen LogP contribution in [-0.2, 0) is 14.3 Å². The number of alkyl halides is 2. The number of nitrogens with two attached hydrogens (primary N) is 1. The van der Waals surface area contributed by atoms with Crippen LogP contribution in [0.1, 0.15) is 38.5 Å². The van der Waals surface area contributed by atoms with Gasteiger partial charge in [0.15, 0.2) is 0 Å². The van der Waals surface area contributed by atoms with Crippen LogP contribution in [0.2, 0.25) is 0 Å². The molecule has 22 heavy (non-hydrogen) atoms. The number of ether oxygens (including phenoxy) is 1. The number of likely N-dealkylation sites (tertiary alicyclic amines) is 1. The van der Waals surface area contributed by atoms with E-state index in [2.05, 4.69) is 0 Å². The number of carbonyl (C=O) groups is 2. The van der Waals surface area contributed by atoms with Gasteiger partial charge in [0.05, 0.1) is 6.10 Å². The van der Waals surface area contributed by atoms with Crippen LogP contribution in [0.4, 0.5) is 8.78 Å². The van der Waals surface area contributed by atoms with Crippen LogP contribution in [0.15, 0.2) is 0 Å². The van der Waals surface area contributed by atoms with Gasteiger partial charge in [0.1, 0.15) is 0 Å². The van der Waals surface area contributed by atoms with Crippen molar-refractivity contribution < 1.29 is 23.1 Å². The smallest absolute Gasteiger partial charge is 0.248 e. The molecule has 1 aliphatic carbocycles. The first-order valence-electron chi connectivity index (χ1n) is 7.80.